The Kier molecular flexibility index (Phi) is 4.68. The van der Waals surface area contributed by atoms with Gasteiger partial charge in [-0.3, -0.25) is 0 Å². The summed E-state index contributed by atoms with van der Waals surface area (Å²) in [7, 11) is 0. The van der Waals surface area contributed by atoms with Crippen LogP contribution in [0.3, 0.4) is 0 Å². The fourth-order valence-electron chi connectivity index (χ4n) is 3.48. The highest BCUT2D eigenvalue weighted by Crippen LogP contribution is 2.70. The van der Waals surface area contributed by atoms with Gasteiger partial charge in [-0.2, -0.15) is 0 Å². The number of nitrogens with one attached hydrogen (secondary N) is 1. The van der Waals surface area contributed by atoms with E-state index in [1.165, 1.54) is 25.8 Å². The molecule has 1 saturated carbocycles. The van der Waals surface area contributed by atoms with E-state index in [0.717, 1.165) is 17.9 Å². The van der Waals surface area contributed by atoms with Gasteiger partial charge in [-0.05, 0) is 48.5 Å². The van der Waals surface area contributed by atoms with Crippen LogP contribution in [-0.2, 0) is 0 Å². The minimum Gasteiger partial charge on any atom is -0.314 e. The summed E-state index contributed by atoms with van der Waals surface area (Å²) >= 11 is 0. The first-order chi connectivity index (χ1) is 7.75. The Morgan fingerprint density at radius 2 is 1.53 bits per heavy atom. The molecule has 1 nitrogen and oxygen atoms in total. The summed E-state index contributed by atoms with van der Waals surface area (Å²) in [5.41, 5.74) is 1.02. The molecule has 1 fully saturated rings. The van der Waals surface area contributed by atoms with E-state index in [1.807, 2.05) is 0 Å². The zero-order chi connectivity index (χ0) is 13.3. The van der Waals surface area contributed by atoms with E-state index in [1.54, 1.807) is 0 Å². The molecule has 0 aromatic rings. The van der Waals surface area contributed by atoms with Gasteiger partial charge in [-0.15, -0.1) is 0 Å². The number of hydrogen-bond acceptors (Lipinski definition) is 1. The lowest BCUT2D eigenvalue weighted by Crippen LogP contribution is -2.34. The maximum Gasteiger partial charge on any atom is 0.0106 e. The van der Waals surface area contributed by atoms with E-state index in [9.17, 15) is 0 Å². The predicted molar refractivity (Wildman–Crippen MR) is 77.2 cm³/mol. The van der Waals surface area contributed by atoms with Gasteiger partial charge in [0.05, 0.1) is 0 Å². The summed E-state index contributed by atoms with van der Waals surface area (Å²) in [6.45, 7) is 17.9. The van der Waals surface area contributed by atoms with Crippen molar-refractivity contribution in [2.45, 2.75) is 73.8 Å². The van der Waals surface area contributed by atoms with Crippen LogP contribution in [0.2, 0.25) is 0 Å². The Morgan fingerprint density at radius 3 is 1.88 bits per heavy atom. The molecule has 0 radical (unpaired) electrons. The van der Waals surface area contributed by atoms with Gasteiger partial charge in [-0.1, -0.05) is 48.5 Å². The molecule has 0 aliphatic heterocycles. The molecule has 1 N–H and O–H groups in total. The van der Waals surface area contributed by atoms with Gasteiger partial charge in [-0.25, -0.2) is 0 Å². The van der Waals surface area contributed by atoms with Gasteiger partial charge in [0.25, 0.3) is 0 Å². The molecule has 1 atom stereocenters. The zero-order valence-corrected chi connectivity index (χ0v) is 13.1. The molecule has 1 heteroatoms. The van der Waals surface area contributed by atoms with Crippen molar-refractivity contribution < 1.29 is 0 Å². The summed E-state index contributed by atoms with van der Waals surface area (Å²) in [4.78, 5) is 0. The van der Waals surface area contributed by atoms with Gasteiger partial charge in [0, 0.05) is 6.04 Å². The Balaban J connectivity index is 2.58. The largest absolute Gasteiger partial charge is 0.314 e. The highest BCUT2D eigenvalue weighted by molar-refractivity contribution is 5.16. The van der Waals surface area contributed by atoms with Crippen molar-refractivity contribution in [1.82, 2.24) is 5.32 Å². The molecule has 0 aromatic heterocycles. The van der Waals surface area contributed by atoms with Crippen LogP contribution < -0.4 is 5.32 Å². The molecule has 17 heavy (non-hydrogen) atoms. The second kappa shape index (κ2) is 5.30. The fraction of sp³-hybridized carbons (Fsp3) is 1.00. The Morgan fingerprint density at radius 1 is 1.00 bits per heavy atom. The lowest BCUT2D eigenvalue weighted by atomic mass is 9.95. The van der Waals surface area contributed by atoms with Crippen LogP contribution in [0.5, 0.6) is 0 Å². The summed E-state index contributed by atoms with van der Waals surface area (Å²) in [6.07, 6.45) is 3.94. The van der Waals surface area contributed by atoms with Crippen molar-refractivity contribution >= 4 is 0 Å². The predicted octanol–water partition coefficient (Wildman–Crippen LogP) is 4.47. The highest BCUT2D eigenvalue weighted by Gasteiger charge is 2.66. The Bertz CT molecular complexity index is 226. The first-order valence-corrected chi connectivity index (χ1v) is 7.48. The normalized spacial score (nSPS) is 24.0. The van der Waals surface area contributed by atoms with E-state index in [2.05, 4.69) is 53.8 Å². The van der Waals surface area contributed by atoms with Crippen molar-refractivity contribution in [3.8, 4) is 0 Å². The minimum absolute atomic E-state index is 0.509. The SMILES string of the molecule is CCCNC(CCC(C)C)C1C(C)(C)C1(C)C. The quantitative estimate of drug-likeness (QED) is 0.691. The van der Waals surface area contributed by atoms with Crippen molar-refractivity contribution in [1.29, 1.82) is 0 Å². The first-order valence-electron chi connectivity index (χ1n) is 7.48. The fourth-order valence-corrected chi connectivity index (χ4v) is 3.48. The monoisotopic (exact) mass is 239 g/mol. The first kappa shape index (κ1) is 15.0. The van der Waals surface area contributed by atoms with Gasteiger partial charge in [0.2, 0.25) is 0 Å². The van der Waals surface area contributed by atoms with Crippen LogP contribution in [0.25, 0.3) is 0 Å². The van der Waals surface area contributed by atoms with Gasteiger partial charge >= 0.3 is 0 Å². The Hall–Kier alpha value is -0.0400. The van der Waals surface area contributed by atoms with Gasteiger partial charge in [0.15, 0.2) is 0 Å². The third-order valence-electron chi connectivity index (χ3n) is 5.25. The van der Waals surface area contributed by atoms with E-state index in [0.29, 0.717) is 10.8 Å². The lowest BCUT2D eigenvalue weighted by Gasteiger charge is -2.22. The van der Waals surface area contributed by atoms with E-state index >= 15 is 0 Å². The van der Waals surface area contributed by atoms with Gasteiger partial charge < -0.3 is 5.32 Å². The number of hydrogen-bond donors (Lipinski definition) is 1. The van der Waals surface area contributed by atoms with Crippen LogP contribution in [0.1, 0.15) is 67.7 Å². The highest BCUT2D eigenvalue weighted by atomic mass is 15.0. The van der Waals surface area contributed by atoms with E-state index < -0.39 is 0 Å². The minimum atomic E-state index is 0.509. The zero-order valence-electron chi connectivity index (χ0n) is 13.1. The van der Waals surface area contributed by atoms with Crippen LogP contribution in [0.15, 0.2) is 0 Å². The van der Waals surface area contributed by atoms with Crippen molar-refractivity contribution in [3.05, 3.63) is 0 Å². The molecule has 0 bridgehead atoms. The molecule has 1 aliphatic rings. The van der Waals surface area contributed by atoms with Crippen LogP contribution in [0.4, 0.5) is 0 Å². The topological polar surface area (TPSA) is 12.0 Å². The van der Waals surface area contributed by atoms with Crippen LogP contribution >= 0.6 is 0 Å². The van der Waals surface area contributed by atoms with Crippen molar-refractivity contribution in [3.63, 3.8) is 0 Å². The molecule has 0 spiro atoms. The smallest absolute Gasteiger partial charge is 0.0106 e. The molecule has 0 amide bonds. The molecule has 0 heterocycles. The average molecular weight is 239 g/mol. The van der Waals surface area contributed by atoms with Crippen LogP contribution in [-0.4, -0.2) is 12.6 Å². The molecular formula is C16H33N. The number of rotatable bonds is 7. The molecule has 102 valence electrons. The summed E-state index contributed by atoms with van der Waals surface area (Å²) in [5, 5.41) is 3.80. The van der Waals surface area contributed by atoms with E-state index in [-0.39, 0.29) is 0 Å². The van der Waals surface area contributed by atoms with Crippen LogP contribution in [0, 0.1) is 22.7 Å². The molecule has 0 saturated heterocycles. The maximum absolute atomic E-state index is 3.80. The van der Waals surface area contributed by atoms with Crippen molar-refractivity contribution in [2.24, 2.45) is 22.7 Å². The summed E-state index contributed by atoms with van der Waals surface area (Å²) < 4.78 is 0. The standard InChI is InChI=1S/C16H33N/c1-8-11-17-13(10-9-12(2)3)14-15(4,5)16(14,6)7/h12-14,17H,8-11H2,1-7H3. The molecular weight excluding hydrogens is 206 g/mol. The molecule has 1 rings (SSSR count). The molecule has 1 aliphatic carbocycles. The third-order valence-corrected chi connectivity index (χ3v) is 5.25. The lowest BCUT2D eigenvalue weighted by molar-refractivity contribution is 0.351. The Labute approximate surface area is 109 Å². The van der Waals surface area contributed by atoms with E-state index in [4.69, 9.17) is 0 Å². The molecule has 1 unspecified atom stereocenters. The second-order valence-corrected chi connectivity index (χ2v) is 7.45. The third kappa shape index (κ3) is 3.05. The summed E-state index contributed by atoms with van der Waals surface area (Å²) in [6, 6.07) is 0.724. The van der Waals surface area contributed by atoms with Gasteiger partial charge in [0.1, 0.15) is 0 Å². The van der Waals surface area contributed by atoms with Crippen molar-refractivity contribution in [2.75, 3.05) is 6.54 Å². The second-order valence-electron chi connectivity index (χ2n) is 7.45. The average Bonchev–Trinajstić information content (AvgIpc) is 2.59. The maximum atomic E-state index is 3.80. The summed E-state index contributed by atoms with van der Waals surface area (Å²) in [5.74, 6) is 1.67. The molecule has 0 aromatic carbocycles.